The average Bonchev–Trinajstić information content (AvgIpc) is 2.27. The van der Waals surface area contributed by atoms with Gasteiger partial charge in [0, 0.05) is 24.2 Å². The van der Waals surface area contributed by atoms with Crippen molar-refractivity contribution in [2.45, 2.75) is 46.5 Å². The lowest BCUT2D eigenvalue weighted by molar-refractivity contribution is 0.380. The van der Waals surface area contributed by atoms with Crippen LogP contribution in [0.15, 0.2) is 18.3 Å². The molecule has 0 radical (unpaired) electrons. The lowest BCUT2D eigenvalue weighted by Gasteiger charge is -2.24. The van der Waals surface area contributed by atoms with E-state index in [9.17, 15) is 0 Å². The number of hydrogen-bond acceptors (Lipinski definition) is 2. The van der Waals surface area contributed by atoms with Crippen LogP contribution >= 0.6 is 0 Å². The largest absolute Gasteiger partial charge is 0.261 e. The fraction of sp³-hybridized carbons (Fsp3) is 0.600. The van der Waals surface area contributed by atoms with Gasteiger partial charge in [-0.25, -0.2) is 0 Å². The predicted octanol–water partition coefficient (Wildman–Crippen LogP) is 3.93. The minimum absolute atomic E-state index is 0.514. The zero-order valence-electron chi connectivity index (χ0n) is 11.3. The zero-order valence-corrected chi connectivity index (χ0v) is 11.3. The fourth-order valence-corrected chi connectivity index (χ4v) is 2.43. The van der Waals surface area contributed by atoms with Gasteiger partial charge >= 0.3 is 0 Å². The molecular weight excluding hydrogens is 208 g/mol. The van der Waals surface area contributed by atoms with Crippen molar-refractivity contribution >= 4 is 0 Å². The highest BCUT2D eigenvalue weighted by atomic mass is 14.7. The van der Waals surface area contributed by atoms with Crippen LogP contribution < -0.4 is 0 Å². The Kier molecular flexibility index (Phi) is 5.15. The molecule has 0 saturated heterocycles. The van der Waals surface area contributed by atoms with Crippen molar-refractivity contribution in [3.8, 4) is 6.07 Å². The van der Waals surface area contributed by atoms with Gasteiger partial charge in [0.25, 0.3) is 0 Å². The van der Waals surface area contributed by atoms with Crippen LogP contribution in [-0.2, 0) is 6.42 Å². The maximum Gasteiger partial charge on any atom is 0.0625 e. The molecule has 0 unspecified atom stereocenters. The Morgan fingerprint density at radius 2 is 1.82 bits per heavy atom. The molecule has 0 aliphatic rings. The van der Waals surface area contributed by atoms with E-state index in [2.05, 4.69) is 50.9 Å². The van der Waals surface area contributed by atoms with E-state index in [1.165, 1.54) is 5.69 Å². The first-order valence-electron chi connectivity index (χ1n) is 6.38. The first kappa shape index (κ1) is 13.7. The molecule has 17 heavy (non-hydrogen) atoms. The minimum atomic E-state index is 0.514. The lowest BCUT2D eigenvalue weighted by atomic mass is 9.82. The summed E-state index contributed by atoms with van der Waals surface area (Å²) in [6.45, 7) is 8.98. The van der Waals surface area contributed by atoms with E-state index in [1.54, 1.807) is 0 Å². The Balaban J connectivity index is 2.82. The van der Waals surface area contributed by atoms with Crippen LogP contribution in [0.4, 0.5) is 0 Å². The fourth-order valence-electron chi connectivity index (χ4n) is 2.43. The van der Waals surface area contributed by atoms with Gasteiger partial charge in [-0.05, 0) is 29.9 Å². The Morgan fingerprint density at radius 1 is 1.18 bits per heavy atom. The molecule has 1 aromatic heterocycles. The zero-order chi connectivity index (χ0) is 12.8. The van der Waals surface area contributed by atoms with Crippen molar-refractivity contribution in [3.05, 3.63) is 29.6 Å². The molecule has 2 heteroatoms. The van der Waals surface area contributed by atoms with Crippen LogP contribution in [0, 0.1) is 23.2 Å². The van der Waals surface area contributed by atoms with Crippen molar-refractivity contribution in [2.75, 3.05) is 0 Å². The third-order valence-electron chi connectivity index (χ3n) is 3.15. The van der Waals surface area contributed by atoms with Crippen LogP contribution in [0.3, 0.4) is 0 Å². The van der Waals surface area contributed by atoms with Gasteiger partial charge < -0.3 is 0 Å². The van der Waals surface area contributed by atoms with Crippen molar-refractivity contribution < 1.29 is 0 Å². The SMILES string of the molecule is CC(C)C(c1ccc(CCC#N)cn1)C(C)C. The van der Waals surface area contributed by atoms with Gasteiger partial charge in [-0.1, -0.05) is 33.8 Å². The van der Waals surface area contributed by atoms with Gasteiger partial charge in [0.2, 0.25) is 0 Å². The summed E-state index contributed by atoms with van der Waals surface area (Å²) in [7, 11) is 0. The summed E-state index contributed by atoms with van der Waals surface area (Å²) in [6.07, 6.45) is 3.29. The number of rotatable bonds is 5. The topological polar surface area (TPSA) is 36.7 Å². The molecule has 1 aromatic rings. The van der Waals surface area contributed by atoms with Gasteiger partial charge in [0.05, 0.1) is 6.07 Å². The van der Waals surface area contributed by atoms with Crippen molar-refractivity contribution in [3.63, 3.8) is 0 Å². The maximum absolute atomic E-state index is 8.55. The summed E-state index contributed by atoms with van der Waals surface area (Å²) in [4.78, 5) is 4.57. The standard InChI is InChI=1S/C15H22N2/c1-11(2)15(12(3)4)14-8-7-13(10-17-14)6-5-9-16/h7-8,10-12,15H,5-6H2,1-4H3. The summed E-state index contributed by atoms with van der Waals surface area (Å²) in [6, 6.07) is 6.39. The third-order valence-corrected chi connectivity index (χ3v) is 3.15. The monoisotopic (exact) mass is 230 g/mol. The number of nitriles is 1. The van der Waals surface area contributed by atoms with E-state index in [0.717, 1.165) is 12.0 Å². The average molecular weight is 230 g/mol. The second-order valence-electron chi connectivity index (χ2n) is 5.26. The summed E-state index contributed by atoms with van der Waals surface area (Å²) in [5.41, 5.74) is 2.33. The van der Waals surface area contributed by atoms with Crippen LogP contribution in [0.1, 0.15) is 51.3 Å². The van der Waals surface area contributed by atoms with Gasteiger partial charge in [0.1, 0.15) is 0 Å². The molecule has 0 spiro atoms. The van der Waals surface area contributed by atoms with E-state index >= 15 is 0 Å². The van der Waals surface area contributed by atoms with E-state index < -0.39 is 0 Å². The lowest BCUT2D eigenvalue weighted by Crippen LogP contribution is -2.14. The molecule has 1 rings (SSSR count). The van der Waals surface area contributed by atoms with Crippen molar-refractivity contribution in [1.29, 1.82) is 5.26 Å². The molecule has 0 fully saturated rings. The highest BCUT2D eigenvalue weighted by Crippen LogP contribution is 2.30. The van der Waals surface area contributed by atoms with Crippen molar-refractivity contribution in [2.24, 2.45) is 11.8 Å². The molecule has 0 N–H and O–H groups in total. The molecule has 0 aromatic carbocycles. The van der Waals surface area contributed by atoms with Crippen LogP contribution in [0.25, 0.3) is 0 Å². The maximum atomic E-state index is 8.55. The van der Waals surface area contributed by atoms with E-state index in [4.69, 9.17) is 5.26 Å². The number of pyridine rings is 1. The van der Waals surface area contributed by atoms with Crippen LogP contribution in [-0.4, -0.2) is 4.98 Å². The normalized spacial score (nSPS) is 11.2. The molecule has 0 atom stereocenters. The molecule has 0 amide bonds. The number of aryl methyl sites for hydroxylation is 1. The van der Waals surface area contributed by atoms with Crippen LogP contribution in [0.2, 0.25) is 0 Å². The molecule has 0 aliphatic carbocycles. The van der Waals surface area contributed by atoms with E-state index in [-0.39, 0.29) is 0 Å². The van der Waals surface area contributed by atoms with E-state index in [0.29, 0.717) is 24.2 Å². The minimum Gasteiger partial charge on any atom is -0.261 e. The summed E-state index contributed by atoms with van der Waals surface area (Å²) < 4.78 is 0. The van der Waals surface area contributed by atoms with Gasteiger partial charge in [0.15, 0.2) is 0 Å². The second kappa shape index (κ2) is 6.39. The molecule has 1 heterocycles. The summed E-state index contributed by atoms with van der Waals surface area (Å²) >= 11 is 0. The Hall–Kier alpha value is -1.36. The Bertz CT molecular complexity index is 363. The molecule has 92 valence electrons. The highest BCUT2D eigenvalue weighted by Gasteiger charge is 2.20. The quantitative estimate of drug-likeness (QED) is 0.768. The van der Waals surface area contributed by atoms with Crippen molar-refractivity contribution in [1.82, 2.24) is 4.98 Å². The number of nitrogens with zero attached hydrogens (tertiary/aromatic N) is 2. The third kappa shape index (κ3) is 3.85. The smallest absolute Gasteiger partial charge is 0.0625 e. The first-order chi connectivity index (χ1) is 8.06. The molecular formula is C15H22N2. The molecule has 0 saturated carbocycles. The Labute approximate surface area is 105 Å². The van der Waals surface area contributed by atoms with Gasteiger partial charge in [-0.3, -0.25) is 4.98 Å². The molecule has 2 nitrogen and oxygen atoms in total. The van der Waals surface area contributed by atoms with E-state index in [1.807, 2.05) is 6.20 Å². The summed E-state index contributed by atoms with van der Waals surface area (Å²) in [5.74, 6) is 1.72. The van der Waals surface area contributed by atoms with Gasteiger partial charge in [-0.2, -0.15) is 5.26 Å². The first-order valence-corrected chi connectivity index (χ1v) is 6.38. The highest BCUT2D eigenvalue weighted by molar-refractivity contribution is 5.18. The van der Waals surface area contributed by atoms with Gasteiger partial charge in [-0.15, -0.1) is 0 Å². The second-order valence-corrected chi connectivity index (χ2v) is 5.26. The molecule has 0 bridgehead atoms. The predicted molar refractivity (Wildman–Crippen MR) is 70.6 cm³/mol. The Morgan fingerprint density at radius 3 is 2.24 bits per heavy atom. The molecule has 0 aliphatic heterocycles. The van der Waals surface area contributed by atoms with Crippen LogP contribution in [0.5, 0.6) is 0 Å². The number of hydrogen-bond donors (Lipinski definition) is 0. The number of aromatic nitrogens is 1. The summed E-state index contributed by atoms with van der Waals surface area (Å²) in [5, 5.41) is 8.55.